The molecule has 2 aromatic carbocycles. The Bertz CT molecular complexity index is 1240. The SMILES string of the molecule is CCn1cnc2c1c(=O)n(Cc1ccc(Br)cc1)c(=O)n2Cc1ccccc1. The fourth-order valence-electron chi connectivity index (χ4n) is 3.30. The van der Waals surface area contributed by atoms with E-state index in [4.69, 9.17) is 0 Å². The quantitative estimate of drug-likeness (QED) is 0.480. The number of hydrogen-bond donors (Lipinski definition) is 0. The average Bonchev–Trinajstić information content (AvgIpc) is 3.15. The topological polar surface area (TPSA) is 61.8 Å². The van der Waals surface area contributed by atoms with Crippen LogP contribution in [0.1, 0.15) is 18.1 Å². The smallest absolute Gasteiger partial charge is 0.325 e. The number of imidazole rings is 1. The van der Waals surface area contributed by atoms with Gasteiger partial charge in [0.15, 0.2) is 11.2 Å². The number of hydrogen-bond acceptors (Lipinski definition) is 3. The zero-order chi connectivity index (χ0) is 19.7. The number of aryl methyl sites for hydroxylation is 1. The zero-order valence-corrected chi connectivity index (χ0v) is 17.0. The zero-order valence-electron chi connectivity index (χ0n) is 15.4. The molecule has 0 saturated heterocycles. The van der Waals surface area contributed by atoms with Crippen molar-refractivity contribution in [2.24, 2.45) is 0 Å². The van der Waals surface area contributed by atoms with Crippen LogP contribution in [0.2, 0.25) is 0 Å². The van der Waals surface area contributed by atoms with Crippen LogP contribution in [0.4, 0.5) is 0 Å². The molecule has 4 rings (SSSR count). The summed E-state index contributed by atoms with van der Waals surface area (Å²) in [5.74, 6) is 0. The number of halogens is 1. The molecule has 0 aliphatic rings. The number of benzene rings is 2. The van der Waals surface area contributed by atoms with E-state index in [-0.39, 0.29) is 17.8 Å². The molecule has 0 aliphatic carbocycles. The third kappa shape index (κ3) is 3.33. The van der Waals surface area contributed by atoms with Crippen LogP contribution in [0.3, 0.4) is 0 Å². The normalized spacial score (nSPS) is 11.2. The van der Waals surface area contributed by atoms with Gasteiger partial charge >= 0.3 is 5.69 Å². The Kier molecular flexibility index (Phi) is 5.00. The van der Waals surface area contributed by atoms with Gasteiger partial charge in [-0.05, 0) is 30.2 Å². The van der Waals surface area contributed by atoms with Crippen LogP contribution in [0.25, 0.3) is 11.2 Å². The highest BCUT2D eigenvalue weighted by atomic mass is 79.9. The van der Waals surface area contributed by atoms with Crippen molar-refractivity contribution in [1.82, 2.24) is 18.7 Å². The molecular formula is C21H19BrN4O2. The summed E-state index contributed by atoms with van der Waals surface area (Å²) in [6, 6.07) is 17.3. The van der Waals surface area contributed by atoms with Gasteiger partial charge in [0.2, 0.25) is 0 Å². The summed E-state index contributed by atoms with van der Waals surface area (Å²) in [6.07, 6.45) is 1.62. The fourth-order valence-corrected chi connectivity index (χ4v) is 3.56. The maximum Gasteiger partial charge on any atom is 0.333 e. The second-order valence-corrected chi connectivity index (χ2v) is 7.49. The minimum atomic E-state index is -0.356. The Labute approximate surface area is 169 Å². The van der Waals surface area contributed by atoms with Crippen molar-refractivity contribution in [3.8, 4) is 0 Å². The van der Waals surface area contributed by atoms with E-state index in [0.717, 1.165) is 15.6 Å². The fraction of sp³-hybridized carbons (Fsp3) is 0.190. The van der Waals surface area contributed by atoms with Crippen molar-refractivity contribution in [2.75, 3.05) is 0 Å². The minimum absolute atomic E-state index is 0.213. The van der Waals surface area contributed by atoms with Gasteiger partial charge in [-0.15, -0.1) is 0 Å². The molecule has 0 unspecified atom stereocenters. The number of nitrogens with zero attached hydrogens (tertiary/aromatic N) is 4. The van der Waals surface area contributed by atoms with E-state index < -0.39 is 0 Å². The molecule has 0 spiro atoms. The minimum Gasteiger partial charge on any atom is -0.325 e. The first-order valence-electron chi connectivity index (χ1n) is 9.05. The van der Waals surface area contributed by atoms with Crippen LogP contribution in [-0.2, 0) is 19.6 Å². The molecule has 0 radical (unpaired) electrons. The lowest BCUT2D eigenvalue weighted by Gasteiger charge is -2.13. The van der Waals surface area contributed by atoms with Gasteiger partial charge in [-0.3, -0.25) is 13.9 Å². The summed E-state index contributed by atoms with van der Waals surface area (Å²) in [5, 5.41) is 0. The lowest BCUT2D eigenvalue weighted by atomic mass is 10.2. The molecule has 0 atom stereocenters. The molecular weight excluding hydrogens is 420 g/mol. The molecule has 0 aliphatic heterocycles. The second kappa shape index (κ2) is 7.59. The monoisotopic (exact) mass is 438 g/mol. The summed E-state index contributed by atoms with van der Waals surface area (Å²) in [6.45, 7) is 3.13. The van der Waals surface area contributed by atoms with Crippen molar-refractivity contribution in [2.45, 2.75) is 26.6 Å². The lowest BCUT2D eigenvalue weighted by molar-refractivity contribution is 0.627. The molecule has 4 aromatic rings. The summed E-state index contributed by atoms with van der Waals surface area (Å²) in [5.41, 5.74) is 2.07. The average molecular weight is 439 g/mol. The lowest BCUT2D eigenvalue weighted by Crippen LogP contribution is -2.41. The maximum atomic E-state index is 13.2. The van der Waals surface area contributed by atoms with Crippen LogP contribution in [0.5, 0.6) is 0 Å². The van der Waals surface area contributed by atoms with Gasteiger partial charge in [-0.25, -0.2) is 9.78 Å². The molecule has 0 amide bonds. The van der Waals surface area contributed by atoms with E-state index >= 15 is 0 Å². The van der Waals surface area contributed by atoms with Crippen LogP contribution in [-0.4, -0.2) is 18.7 Å². The molecule has 2 aromatic heterocycles. The predicted molar refractivity (Wildman–Crippen MR) is 113 cm³/mol. The summed E-state index contributed by atoms with van der Waals surface area (Å²) in [7, 11) is 0. The first kappa shape index (κ1) is 18.4. The standard InChI is InChI=1S/C21H19BrN4O2/c1-2-24-14-23-19-18(24)20(27)26(13-16-8-10-17(22)11-9-16)21(28)25(19)12-15-6-4-3-5-7-15/h3-11,14H,2,12-13H2,1H3. The Morgan fingerprint density at radius 2 is 1.54 bits per heavy atom. The van der Waals surface area contributed by atoms with Crippen molar-refractivity contribution >= 4 is 27.1 Å². The summed E-state index contributed by atoms with van der Waals surface area (Å²) in [4.78, 5) is 30.8. The predicted octanol–water partition coefficient (Wildman–Crippen LogP) is 3.24. The molecule has 0 saturated carbocycles. The highest BCUT2D eigenvalue weighted by Gasteiger charge is 2.18. The Morgan fingerprint density at radius 1 is 0.893 bits per heavy atom. The molecule has 0 fully saturated rings. The van der Waals surface area contributed by atoms with Crippen molar-refractivity contribution in [1.29, 1.82) is 0 Å². The van der Waals surface area contributed by atoms with E-state index in [1.807, 2.05) is 61.5 Å². The van der Waals surface area contributed by atoms with Gasteiger partial charge < -0.3 is 4.57 Å². The summed E-state index contributed by atoms with van der Waals surface area (Å²) < 4.78 is 5.61. The third-order valence-corrected chi connectivity index (χ3v) is 5.29. The van der Waals surface area contributed by atoms with Crippen molar-refractivity contribution < 1.29 is 0 Å². The van der Waals surface area contributed by atoms with Crippen LogP contribution < -0.4 is 11.2 Å². The van der Waals surface area contributed by atoms with Crippen LogP contribution in [0.15, 0.2) is 75.0 Å². The van der Waals surface area contributed by atoms with Crippen LogP contribution in [0, 0.1) is 0 Å². The van der Waals surface area contributed by atoms with E-state index in [1.165, 1.54) is 4.57 Å². The molecule has 142 valence electrons. The second-order valence-electron chi connectivity index (χ2n) is 6.57. The highest BCUT2D eigenvalue weighted by Crippen LogP contribution is 2.12. The van der Waals surface area contributed by atoms with Crippen LogP contribution >= 0.6 is 15.9 Å². The van der Waals surface area contributed by atoms with Crippen molar-refractivity contribution in [3.63, 3.8) is 0 Å². The largest absolute Gasteiger partial charge is 0.333 e. The number of fused-ring (bicyclic) bond motifs is 1. The third-order valence-electron chi connectivity index (χ3n) is 4.76. The Morgan fingerprint density at radius 3 is 2.21 bits per heavy atom. The van der Waals surface area contributed by atoms with Crippen molar-refractivity contribution in [3.05, 3.63) is 97.4 Å². The molecule has 0 N–H and O–H groups in total. The summed E-state index contributed by atoms with van der Waals surface area (Å²) >= 11 is 3.41. The van der Waals surface area contributed by atoms with E-state index in [0.29, 0.717) is 24.3 Å². The molecule has 7 heteroatoms. The maximum absolute atomic E-state index is 13.2. The van der Waals surface area contributed by atoms with Gasteiger partial charge in [-0.2, -0.15) is 0 Å². The van der Waals surface area contributed by atoms with Gasteiger partial charge in [0, 0.05) is 11.0 Å². The number of rotatable bonds is 5. The Balaban J connectivity index is 1.92. The van der Waals surface area contributed by atoms with E-state index in [9.17, 15) is 9.59 Å². The van der Waals surface area contributed by atoms with Gasteiger partial charge in [0.25, 0.3) is 5.56 Å². The van der Waals surface area contributed by atoms with Gasteiger partial charge in [0.1, 0.15) is 0 Å². The van der Waals surface area contributed by atoms with E-state index in [1.54, 1.807) is 15.5 Å². The first-order valence-corrected chi connectivity index (χ1v) is 9.84. The Hall–Kier alpha value is -2.93. The molecule has 2 heterocycles. The number of aromatic nitrogens is 4. The highest BCUT2D eigenvalue weighted by molar-refractivity contribution is 9.10. The van der Waals surface area contributed by atoms with Gasteiger partial charge in [-0.1, -0.05) is 58.4 Å². The molecule has 0 bridgehead atoms. The molecule has 28 heavy (non-hydrogen) atoms. The molecule has 6 nitrogen and oxygen atoms in total. The van der Waals surface area contributed by atoms with Gasteiger partial charge in [0.05, 0.1) is 19.4 Å². The first-order chi connectivity index (χ1) is 13.6. The van der Waals surface area contributed by atoms with E-state index in [2.05, 4.69) is 20.9 Å².